The molecule has 0 saturated heterocycles. The lowest BCUT2D eigenvalue weighted by Gasteiger charge is -2.21. The van der Waals surface area contributed by atoms with Gasteiger partial charge in [-0.3, -0.25) is 11.2 Å². The van der Waals surface area contributed by atoms with Crippen LogP contribution in [0.3, 0.4) is 0 Å². The molecule has 24 heavy (non-hydrogen) atoms. The summed E-state index contributed by atoms with van der Waals surface area (Å²) >= 11 is 6.37. The first-order valence-electron chi connectivity index (χ1n) is 6.97. The third kappa shape index (κ3) is 3.09. The van der Waals surface area contributed by atoms with Crippen LogP contribution in [0.2, 0.25) is 5.02 Å². The third-order valence-corrected chi connectivity index (χ3v) is 5.12. The second-order valence-corrected chi connectivity index (χ2v) is 7.93. The van der Waals surface area contributed by atoms with Crippen LogP contribution in [0.15, 0.2) is 52.4 Å². The Morgan fingerprint density at radius 2 is 1.83 bits per heavy atom. The van der Waals surface area contributed by atoms with E-state index in [-0.39, 0.29) is 10.9 Å². The van der Waals surface area contributed by atoms with Gasteiger partial charge in [0.15, 0.2) is 9.84 Å². The van der Waals surface area contributed by atoms with Crippen molar-refractivity contribution in [2.45, 2.75) is 10.7 Å². The van der Waals surface area contributed by atoms with Crippen molar-refractivity contribution in [3.63, 3.8) is 0 Å². The molecule has 2 aromatic carbocycles. The molecule has 126 valence electrons. The van der Waals surface area contributed by atoms with Crippen molar-refractivity contribution < 1.29 is 8.42 Å². The Morgan fingerprint density at radius 1 is 1.17 bits per heavy atom. The highest BCUT2D eigenvalue weighted by Gasteiger charge is 2.31. The molecule has 1 unspecified atom stereocenters. The van der Waals surface area contributed by atoms with Crippen molar-refractivity contribution in [3.05, 3.63) is 53.1 Å². The molecule has 1 atom stereocenters. The Kier molecular flexibility index (Phi) is 4.00. The van der Waals surface area contributed by atoms with Crippen LogP contribution in [0.1, 0.15) is 5.56 Å². The fourth-order valence-corrected chi connectivity index (χ4v) is 3.33. The van der Waals surface area contributed by atoms with Crippen LogP contribution in [-0.2, 0) is 15.6 Å². The van der Waals surface area contributed by atoms with E-state index in [0.29, 0.717) is 10.6 Å². The molecule has 2 aromatic rings. The summed E-state index contributed by atoms with van der Waals surface area (Å²) in [5, 5.41) is 0.465. The molecule has 0 fully saturated rings. The first-order chi connectivity index (χ1) is 11.2. The van der Waals surface area contributed by atoms with E-state index in [4.69, 9.17) is 23.1 Å². The molecule has 0 saturated carbocycles. The fraction of sp³-hybridized carbons (Fsp3) is 0.133. The number of halogens is 1. The number of nitrogens with two attached hydrogens (primary N) is 2. The van der Waals surface area contributed by atoms with Crippen molar-refractivity contribution in [3.8, 4) is 11.1 Å². The number of benzene rings is 2. The predicted molar refractivity (Wildman–Crippen MR) is 93.8 cm³/mol. The maximum Gasteiger partial charge on any atom is 0.209 e. The fourth-order valence-electron chi connectivity index (χ4n) is 2.41. The smallest absolute Gasteiger partial charge is 0.209 e. The highest BCUT2D eigenvalue weighted by Crippen LogP contribution is 2.32. The Labute approximate surface area is 144 Å². The van der Waals surface area contributed by atoms with Gasteiger partial charge in [0.05, 0.1) is 4.90 Å². The van der Waals surface area contributed by atoms with Gasteiger partial charge in [-0.05, 0) is 23.8 Å². The minimum atomic E-state index is -3.23. The van der Waals surface area contributed by atoms with Crippen molar-refractivity contribution >= 4 is 27.4 Å². The maximum absolute atomic E-state index is 11.5. The Morgan fingerprint density at radius 3 is 2.33 bits per heavy atom. The van der Waals surface area contributed by atoms with Crippen LogP contribution in [-0.4, -0.2) is 20.6 Å². The summed E-state index contributed by atoms with van der Waals surface area (Å²) < 4.78 is 23.1. The molecule has 0 amide bonds. The van der Waals surface area contributed by atoms with Crippen LogP contribution >= 0.6 is 11.6 Å². The first-order valence-corrected chi connectivity index (χ1v) is 9.24. The molecule has 0 radical (unpaired) electrons. The number of aliphatic imine (C=N–C) groups is 1. The minimum absolute atomic E-state index is 0.189. The molecule has 0 aromatic heterocycles. The van der Waals surface area contributed by atoms with E-state index in [1.807, 2.05) is 0 Å². The predicted octanol–water partition coefficient (Wildman–Crippen LogP) is 0.902. The van der Waals surface area contributed by atoms with Crippen molar-refractivity contribution in [2.75, 3.05) is 6.26 Å². The van der Waals surface area contributed by atoms with Gasteiger partial charge in [0.25, 0.3) is 0 Å². The number of sulfone groups is 1. The molecule has 1 heterocycles. The summed E-state index contributed by atoms with van der Waals surface area (Å²) in [4.78, 5) is 4.35. The molecule has 3 rings (SSSR count). The third-order valence-electron chi connectivity index (χ3n) is 3.68. The average Bonchev–Trinajstić information content (AvgIpc) is 2.87. The summed E-state index contributed by atoms with van der Waals surface area (Å²) in [6, 6.07) is 11.8. The molecule has 0 spiro atoms. The monoisotopic (exact) mass is 365 g/mol. The van der Waals surface area contributed by atoms with E-state index in [9.17, 15) is 8.42 Å². The number of hydrazine groups is 1. The lowest BCUT2D eigenvalue weighted by molar-refractivity contribution is 0.375. The number of guanidine groups is 1. The molecule has 9 heteroatoms. The quantitative estimate of drug-likeness (QED) is 0.641. The minimum Gasteiger partial charge on any atom is -0.369 e. The first kappa shape index (κ1) is 16.7. The average molecular weight is 366 g/mol. The molecule has 0 bridgehead atoms. The molecule has 0 aliphatic carbocycles. The van der Waals surface area contributed by atoms with E-state index in [0.717, 1.165) is 11.1 Å². The molecule has 6 N–H and O–H groups in total. The topological polar surface area (TPSA) is 123 Å². The molecule has 1 aliphatic heterocycles. The van der Waals surface area contributed by atoms with E-state index in [1.165, 1.54) is 6.26 Å². The van der Waals surface area contributed by atoms with Crippen LogP contribution in [0.4, 0.5) is 0 Å². The standard InChI is InChI=1S/C15H16ClN5O2S/c1-24(22,23)11-5-2-9(3-6-11)12-7-4-10(8-13(12)16)15(18)19-14(17)20-21-15/h2-8,21H,18H2,1H3,(H3,17,19,20). The Bertz CT molecular complexity index is 927. The van der Waals surface area contributed by atoms with E-state index < -0.39 is 15.6 Å². The van der Waals surface area contributed by atoms with Crippen LogP contribution in [0.25, 0.3) is 11.1 Å². The molecule has 7 nitrogen and oxygen atoms in total. The second kappa shape index (κ2) is 5.75. The summed E-state index contributed by atoms with van der Waals surface area (Å²) in [6.45, 7) is 0. The number of hydrogen-bond acceptors (Lipinski definition) is 7. The van der Waals surface area contributed by atoms with Gasteiger partial charge in [0.2, 0.25) is 11.7 Å². The number of nitrogens with one attached hydrogen (secondary N) is 2. The van der Waals surface area contributed by atoms with Crippen LogP contribution in [0.5, 0.6) is 0 Å². The number of rotatable bonds is 3. The normalized spacial score (nSPS) is 20.5. The van der Waals surface area contributed by atoms with Crippen molar-refractivity contribution in [2.24, 2.45) is 16.5 Å². The SMILES string of the molecule is CS(=O)(=O)c1ccc(-c2ccc(C3(N)N=C(N)NN3)cc2Cl)cc1. The Balaban J connectivity index is 1.96. The van der Waals surface area contributed by atoms with Crippen molar-refractivity contribution in [1.82, 2.24) is 10.9 Å². The molecular formula is C15H16ClN5O2S. The largest absolute Gasteiger partial charge is 0.369 e. The van der Waals surface area contributed by atoms with Gasteiger partial charge < -0.3 is 5.73 Å². The van der Waals surface area contributed by atoms with Gasteiger partial charge in [-0.2, -0.15) is 5.43 Å². The van der Waals surface area contributed by atoms with Gasteiger partial charge in [-0.25, -0.2) is 13.4 Å². The summed E-state index contributed by atoms with van der Waals surface area (Å²) in [6.07, 6.45) is 1.17. The highest BCUT2D eigenvalue weighted by atomic mass is 35.5. The lowest BCUT2D eigenvalue weighted by Crippen LogP contribution is -2.50. The second-order valence-electron chi connectivity index (χ2n) is 5.50. The summed E-state index contributed by atoms with van der Waals surface area (Å²) in [7, 11) is -3.23. The summed E-state index contributed by atoms with van der Waals surface area (Å²) in [5.41, 5.74) is 19.3. The van der Waals surface area contributed by atoms with Gasteiger partial charge in [0.1, 0.15) is 0 Å². The van der Waals surface area contributed by atoms with E-state index >= 15 is 0 Å². The van der Waals surface area contributed by atoms with Gasteiger partial charge in [0, 0.05) is 22.4 Å². The Hall–Kier alpha value is -2.13. The zero-order chi connectivity index (χ0) is 17.5. The van der Waals surface area contributed by atoms with Gasteiger partial charge in [-0.1, -0.05) is 35.9 Å². The zero-order valence-electron chi connectivity index (χ0n) is 12.7. The summed E-state index contributed by atoms with van der Waals surface area (Å²) in [5.74, 6) is -0.999. The van der Waals surface area contributed by atoms with Crippen LogP contribution in [0, 0.1) is 0 Å². The van der Waals surface area contributed by atoms with Gasteiger partial charge in [-0.15, -0.1) is 0 Å². The molecule has 1 aliphatic rings. The van der Waals surface area contributed by atoms with E-state index in [2.05, 4.69) is 15.8 Å². The maximum atomic E-state index is 11.5. The van der Waals surface area contributed by atoms with Gasteiger partial charge >= 0.3 is 0 Å². The van der Waals surface area contributed by atoms with E-state index in [1.54, 1.807) is 42.5 Å². The van der Waals surface area contributed by atoms with Crippen molar-refractivity contribution in [1.29, 1.82) is 0 Å². The van der Waals surface area contributed by atoms with Crippen LogP contribution < -0.4 is 22.3 Å². The number of hydrogen-bond donors (Lipinski definition) is 4. The number of nitrogens with zero attached hydrogens (tertiary/aromatic N) is 1. The zero-order valence-corrected chi connectivity index (χ0v) is 14.3. The lowest BCUT2D eigenvalue weighted by atomic mass is 10.0. The highest BCUT2D eigenvalue weighted by molar-refractivity contribution is 7.90. The molecular weight excluding hydrogens is 350 g/mol.